The summed E-state index contributed by atoms with van der Waals surface area (Å²) in [6.07, 6.45) is 1.04. The number of hydrogen-bond donors (Lipinski definition) is 0. The second kappa shape index (κ2) is 8.04. The Hall–Kier alpha value is -1.74. The summed E-state index contributed by atoms with van der Waals surface area (Å²) in [6.45, 7) is 4.77. The molecule has 0 aromatic heterocycles. The fourth-order valence-electron chi connectivity index (χ4n) is 2.30. The molecule has 1 unspecified atom stereocenters. The van der Waals surface area contributed by atoms with E-state index in [0.29, 0.717) is 6.54 Å². The van der Waals surface area contributed by atoms with Crippen LogP contribution in [0.15, 0.2) is 59.5 Å². The van der Waals surface area contributed by atoms with Gasteiger partial charge in [-0.2, -0.15) is 0 Å². The van der Waals surface area contributed by atoms with Gasteiger partial charge in [0.2, 0.25) is 5.91 Å². The van der Waals surface area contributed by atoms with E-state index in [2.05, 4.69) is 31.2 Å². The van der Waals surface area contributed by atoms with E-state index in [1.807, 2.05) is 49.2 Å². The molecule has 0 bridgehead atoms. The van der Waals surface area contributed by atoms with E-state index in [9.17, 15) is 4.79 Å². The van der Waals surface area contributed by atoms with Crippen LogP contribution >= 0.6 is 11.8 Å². The van der Waals surface area contributed by atoms with Crippen LogP contribution in [0.5, 0.6) is 0 Å². The Kier molecular flexibility index (Phi) is 6.08. The number of carbonyl (C=O) groups is 1. The number of hydrogen-bond acceptors (Lipinski definition) is 2. The fraction of sp³-hybridized carbons (Fsp3) is 0.316. The highest BCUT2D eigenvalue weighted by Gasteiger charge is 2.18. The SMILES string of the molecule is CCc1ccc(CN(C)C(=O)C(C)Sc2ccccc2)cc1. The van der Waals surface area contributed by atoms with Crippen molar-refractivity contribution in [1.29, 1.82) is 0 Å². The monoisotopic (exact) mass is 313 g/mol. The predicted molar refractivity (Wildman–Crippen MR) is 94.1 cm³/mol. The molecule has 2 aromatic rings. The minimum atomic E-state index is -0.0812. The van der Waals surface area contributed by atoms with Crippen LogP contribution in [0, 0.1) is 0 Å². The van der Waals surface area contributed by atoms with Crippen LogP contribution in [-0.2, 0) is 17.8 Å². The summed E-state index contributed by atoms with van der Waals surface area (Å²) < 4.78 is 0. The van der Waals surface area contributed by atoms with Crippen LogP contribution in [0.1, 0.15) is 25.0 Å². The van der Waals surface area contributed by atoms with Crippen molar-refractivity contribution >= 4 is 17.7 Å². The molecular weight excluding hydrogens is 290 g/mol. The number of rotatable bonds is 6. The molecule has 0 saturated carbocycles. The van der Waals surface area contributed by atoms with Crippen LogP contribution in [0.25, 0.3) is 0 Å². The van der Waals surface area contributed by atoms with Crippen LogP contribution in [0.4, 0.5) is 0 Å². The van der Waals surface area contributed by atoms with Crippen LogP contribution < -0.4 is 0 Å². The van der Waals surface area contributed by atoms with Crippen molar-refractivity contribution in [3.05, 3.63) is 65.7 Å². The Morgan fingerprint density at radius 1 is 1.05 bits per heavy atom. The van der Waals surface area contributed by atoms with Crippen molar-refractivity contribution in [2.45, 2.75) is 37.0 Å². The van der Waals surface area contributed by atoms with Gasteiger partial charge in [-0.1, -0.05) is 49.4 Å². The van der Waals surface area contributed by atoms with E-state index >= 15 is 0 Å². The molecule has 0 saturated heterocycles. The number of carbonyl (C=O) groups excluding carboxylic acids is 1. The van der Waals surface area contributed by atoms with E-state index in [0.717, 1.165) is 11.3 Å². The van der Waals surface area contributed by atoms with Crippen LogP contribution in [0.3, 0.4) is 0 Å². The fourth-order valence-corrected chi connectivity index (χ4v) is 3.30. The standard InChI is InChI=1S/C19H23NOS/c1-4-16-10-12-17(13-11-16)14-20(3)19(21)15(2)22-18-8-6-5-7-9-18/h5-13,15H,4,14H2,1-3H3. The van der Waals surface area contributed by atoms with Gasteiger partial charge in [0, 0.05) is 18.5 Å². The maximum atomic E-state index is 12.5. The Morgan fingerprint density at radius 3 is 2.23 bits per heavy atom. The Bertz CT molecular complexity index is 595. The highest BCUT2D eigenvalue weighted by atomic mass is 32.2. The lowest BCUT2D eigenvalue weighted by atomic mass is 10.1. The van der Waals surface area contributed by atoms with Gasteiger partial charge in [-0.05, 0) is 36.6 Å². The van der Waals surface area contributed by atoms with Gasteiger partial charge in [-0.15, -0.1) is 11.8 Å². The first-order valence-electron chi connectivity index (χ1n) is 7.64. The van der Waals surface area contributed by atoms with Crippen molar-refractivity contribution in [2.75, 3.05) is 7.05 Å². The van der Waals surface area contributed by atoms with Crippen molar-refractivity contribution in [3.63, 3.8) is 0 Å². The summed E-state index contributed by atoms with van der Waals surface area (Å²) in [4.78, 5) is 15.4. The molecule has 0 radical (unpaired) electrons. The molecule has 0 aliphatic carbocycles. The smallest absolute Gasteiger partial charge is 0.235 e. The van der Waals surface area contributed by atoms with Gasteiger partial charge >= 0.3 is 0 Å². The quantitative estimate of drug-likeness (QED) is 0.737. The summed E-state index contributed by atoms with van der Waals surface area (Å²) in [7, 11) is 1.87. The van der Waals surface area contributed by atoms with E-state index < -0.39 is 0 Å². The van der Waals surface area contributed by atoms with Gasteiger partial charge in [-0.3, -0.25) is 4.79 Å². The number of nitrogens with zero attached hydrogens (tertiary/aromatic N) is 1. The predicted octanol–water partition coefficient (Wildman–Crippen LogP) is 4.39. The topological polar surface area (TPSA) is 20.3 Å². The average molecular weight is 313 g/mol. The van der Waals surface area contributed by atoms with E-state index in [1.54, 1.807) is 11.8 Å². The summed E-state index contributed by atoms with van der Waals surface area (Å²) in [5.41, 5.74) is 2.50. The molecule has 0 spiro atoms. The molecule has 3 heteroatoms. The van der Waals surface area contributed by atoms with Crippen molar-refractivity contribution < 1.29 is 4.79 Å². The van der Waals surface area contributed by atoms with E-state index in [-0.39, 0.29) is 11.2 Å². The zero-order valence-corrected chi connectivity index (χ0v) is 14.3. The lowest BCUT2D eigenvalue weighted by molar-refractivity contribution is -0.129. The van der Waals surface area contributed by atoms with Crippen LogP contribution in [0.2, 0.25) is 0 Å². The third-order valence-corrected chi connectivity index (χ3v) is 4.73. The highest BCUT2D eigenvalue weighted by molar-refractivity contribution is 8.00. The number of benzene rings is 2. The number of aryl methyl sites for hydroxylation is 1. The second-order valence-corrected chi connectivity index (χ2v) is 6.85. The van der Waals surface area contributed by atoms with Gasteiger partial charge in [0.1, 0.15) is 0 Å². The van der Waals surface area contributed by atoms with Gasteiger partial charge < -0.3 is 4.90 Å². The lowest BCUT2D eigenvalue weighted by Gasteiger charge is -2.21. The molecule has 116 valence electrons. The Morgan fingerprint density at radius 2 is 1.64 bits per heavy atom. The van der Waals surface area contributed by atoms with Gasteiger partial charge in [0.05, 0.1) is 5.25 Å². The molecule has 0 N–H and O–H groups in total. The molecule has 0 aliphatic rings. The average Bonchev–Trinajstić information content (AvgIpc) is 2.55. The van der Waals surface area contributed by atoms with Crippen LogP contribution in [-0.4, -0.2) is 23.1 Å². The van der Waals surface area contributed by atoms with Gasteiger partial charge in [0.15, 0.2) is 0 Å². The largest absolute Gasteiger partial charge is 0.340 e. The molecule has 2 rings (SSSR count). The zero-order valence-electron chi connectivity index (χ0n) is 13.5. The van der Waals surface area contributed by atoms with Crippen molar-refractivity contribution in [3.8, 4) is 0 Å². The molecule has 0 aliphatic heterocycles. The normalized spacial score (nSPS) is 12.0. The first-order valence-corrected chi connectivity index (χ1v) is 8.52. The first kappa shape index (κ1) is 16.6. The van der Waals surface area contributed by atoms with Gasteiger partial charge in [-0.25, -0.2) is 0 Å². The third kappa shape index (κ3) is 4.63. The third-order valence-electron chi connectivity index (χ3n) is 3.63. The lowest BCUT2D eigenvalue weighted by Crippen LogP contribution is -2.32. The maximum absolute atomic E-state index is 12.5. The van der Waals surface area contributed by atoms with Gasteiger partial charge in [0.25, 0.3) is 0 Å². The molecule has 2 nitrogen and oxygen atoms in total. The highest BCUT2D eigenvalue weighted by Crippen LogP contribution is 2.24. The Balaban J connectivity index is 1.93. The summed E-state index contributed by atoms with van der Waals surface area (Å²) in [5, 5.41) is -0.0812. The van der Waals surface area contributed by atoms with Crippen molar-refractivity contribution in [2.24, 2.45) is 0 Å². The molecule has 1 atom stereocenters. The molecule has 22 heavy (non-hydrogen) atoms. The molecule has 1 amide bonds. The minimum Gasteiger partial charge on any atom is -0.340 e. The first-order chi connectivity index (χ1) is 10.6. The summed E-state index contributed by atoms with van der Waals surface area (Å²) in [6, 6.07) is 18.6. The van der Waals surface area contributed by atoms with E-state index in [1.165, 1.54) is 11.1 Å². The number of amides is 1. The Labute approximate surface area is 137 Å². The molecule has 0 heterocycles. The number of thioether (sulfide) groups is 1. The summed E-state index contributed by atoms with van der Waals surface area (Å²) in [5.74, 6) is 0.161. The minimum absolute atomic E-state index is 0.0812. The summed E-state index contributed by atoms with van der Waals surface area (Å²) >= 11 is 1.61. The molecule has 0 fully saturated rings. The second-order valence-electron chi connectivity index (χ2n) is 5.44. The molecule has 2 aromatic carbocycles. The van der Waals surface area contributed by atoms with Crippen molar-refractivity contribution in [1.82, 2.24) is 4.90 Å². The van der Waals surface area contributed by atoms with E-state index in [4.69, 9.17) is 0 Å². The zero-order chi connectivity index (χ0) is 15.9. The maximum Gasteiger partial charge on any atom is 0.235 e. The molecular formula is C19H23NOS.